The molecule has 26 heavy (non-hydrogen) atoms. The summed E-state index contributed by atoms with van der Waals surface area (Å²) >= 11 is 0. The van der Waals surface area contributed by atoms with E-state index in [4.69, 9.17) is 0 Å². The Morgan fingerprint density at radius 2 is 2.15 bits per heavy atom. The van der Waals surface area contributed by atoms with Crippen LogP contribution in [0.3, 0.4) is 0 Å². The molecule has 1 aromatic heterocycles. The lowest BCUT2D eigenvalue weighted by atomic mass is 9.92. The highest BCUT2D eigenvalue weighted by Gasteiger charge is 2.31. The fraction of sp³-hybridized carbons (Fsp3) is 0.765. The molecular weight excluding hydrogens is 354 g/mol. The van der Waals surface area contributed by atoms with Gasteiger partial charge in [0.15, 0.2) is 9.84 Å². The van der Waals surface area contributed by atoms with Crippen LogP contribution in [0.1, 0.15) is 37.3 Å². The van der Waals surface area contributed by atoms with Gasteiger partial charge in [-0.3, -0.25) is 0 Å². The first kappa shape index (κ1) is 19.5. The van der Waals surface area contributed by atoms with E-state index in [9.17, 15) is 13.5 Å². The van der Waals surface area contributed by atoms with Gasteiger partial charge in [-0.1, -0.05) is 0 Å². The minimum atomic E-state index is -3.39. The molecule has 2 fully saturated rings. The number of rotatable bonds is 5. The van der Waals surface area contributed by atoms with Crippen LogP contribution in [0.2, 0.25) is 0 Å². The van der Waals surface area contributed by atoms with Crippen molar-refractivity contribution >= 4 is 15.8 Å². The van der Waals surface area contributed by atoms with Gasteiger partial charge in [-0.25, -0.2) is 18.4 Å². The molecule has 0 unspecified atom stereocenters. The lowest BCUT2D eigenvalue weighted by molar-refractivity contribution is -0.00416. The van der Waals surface area contributed by atoms with Gasteiger partial charge in [0.2, 0.25) is 5.95 Å². The molecule has 2 saturated heterocycles. The molecule has 3 rings (SSSR count). The molecule has 1 aromatic rings. The molecule has 2 aliphatic heterocycles. The molecule has 3 heterocycles. The van der Waals surface area contributed by atoms with Crippen molar-refractivity contribution in [3.05, 3.63) is 11.9 Å². The molecular formula is C17H29N5O3S. The monoisotopic (exact) mass is 383 g/mol. The first-order chi connectivity index (χ1) is 12.3. The minimum Gasteiger partial charge on any atom is -0.388 e. The van der Waals surface area contributed by atoms with Gasteiger partial charge in [0.25, 0.3) is 0 Å². The van der Waals surface area contributed by atoms with Gasteiger partial charge in [0.05, 0.1) is 17.5 Å². The van der Waals surface area contributed by atoms with Crippen LogP contribution < -0.4 is 10.6 Å². The Kier molecular flexibility index (Phi) is 5.81. The maximum absolute atomic E-state index is 12.1. The molecule has 0 saturated carbocycles. The standard InChI is InChI=1S/C17H29N5O3S/c1-22-8-5-17(23,6-9-22)12-20-16-19-11-14(26(2,24)25)15(21-16)13-4-3-7-18-10-13/h11,13,18,23H,3-10,12H2,1-2H3,(H,19,20,21)/t13-/m1/s1. The predicted octanol–water partition coefficient (Wildman–Crippen LogP) is 0.216. The largest absolute Gasteiger partial charge is 0.388 e. The molecule has 1 atom stereocenters. The Hall–Kier alpha value is -1.29. The summed E-state index contributed by atoms with van der Waals surface area (Å²) in [7, 11) is -1.34. The van der Waals surface area contributed by atoms with Crippen LogP contribution in [0.15, 0.2) is 11.1 Å². The van der Waals surface area contributed by atoms with E-state index < -0.39 is 15.4 Å². The number of hydrogen-bond donors (Lipinski definition) is 3. The van der Waals surface area contributed by atoms with Crippen molar-refractivity contribution in [2.45, 2.75) is 42.1 Å². The molecule has 146 valence electrons. The normalized spacial score (nSPS) is 24.3. The summed E-state index contributed by atoms with van der Waals surface area (Å²) in [5, 5.41) is 17.1. The molecule has 8 nitrogen and oxygen atoms in total. The van der Waals surface area contributed by atoms with Crippen molar-refractivity contribution in [3.63, 3.8) is 0 Å². The molecule has 9 heteroatoms. The maximum atomic E-state index is 12.1. The van der Waals surface area contributed by atoms with E-state index in [0.717, 1.165) is 39.0 Å². The SMILES string of the molecule is CN1CCC(O)(CNc2ncc(S(C)(=O)=O)c([C@@H]3CCCNC3)n2)CC1. The fourth-order valence-electron chi connectivity index (χ4n) is 3.59. The van der Waals surface area contributed by atoms with Crippen LogP contribution in [0.25, 0.3) is 0 Å². The van der Waals surface area contributed by atoms with Gasteiger partial charge in [0, 0.05) is 38.4 Å². The number of nitrogens with one attached hydrogen (secondary N) is 2. The average Bonchev–Trinajstić information content (AvgIpc) is 2.63. The van der Waals surface area contributed by atoms with Crippen LogP contribution in [0, 0.1) is 0 Å². The third-order valence-corrected chi connectivity index (χ3v) is 6.47. The lowest BCUT2D eigenvalue weighted by Crippen LogP contribution is -2.47. The average molecular weight is 384 g/mol. The summed E-state index contributed by atoms with van der Waals surface area (Å²) in [5.74, 6) is 0.439. The van der Waals surface area contributed by atoms with E-state index in [1.165, 1.54) is 12.5 Å². The van der Waals surface area contributed by atoms with Crippen molar-refractivity contribution in [1.82, 2.24) is 20.2 Å². The Morgan fingerprint density at radius 3 is 2.77 bits per heavy atom. The molecule has 0 radical (unpaired) electrons. The number of anilines is 1. The maximum Gasteiger partial charge on any atom is 0.223 e. The number of hydrogen-bond acceptors (Lipinski definition) is 8. The number of aliphatic hydroxyl groups is 1. The Labute approximate surface area is 155 Å². The van der Waals surface area contributed by atoms with E-state index in [1.54, 1.807) is 0 Å². The molecule has 0 aromatic carbocycles. The van der Waals surface area contributed by atoms with Crippen molar-refractivity contribution in [2.24, 2.45) is 0 Å². The summed E-state index contributed by atoms with van der Waals surface area (Å²) in [4.78, 5) is 11.1. The fourth-order valence-corrected chi connectivity index (χ4v) is 4.42. The van der Waals surface area contributed by atoms with E-state index in [-0.39, 0.29) is 10.8 Å². The highest BCUT2D eigenvalue weighted by molar-refractivity contribution is 7.90. The third kappa shape index (κ3) is 4.70. The molecule has 0 bridgehead atoms. The van der Waals surface area contributed by atoms with Crippen molar-refractivity contribution in [1.29, 1.82) is 0 Å². The number of aromatic nitrogens is 2. The Bertz CT molecular complexity index is 726. The lowest BCUT2D eigenvalue weighted by Gasteiger charge is -2.36. The van der Waals surface area contributed by atoms with E-state index in [1.807, 2.05) is 7.05 Å². The Balaban J connectivity index is 1.78. The number of piperidine rings is 2. The quantitative estimate of drug-likeness (QED) is 0.663. The van der Waals surface area contributed by atoms with Crippen LogP contribution in [-0.2, 0) is 9.84 Å². The zero-order valence-electron chi connectivity index (χ0n) is 15.5. The summed E-state index contributed by atoms with van der Waals surface area (Å²) < 4.78 is 24.3. The summed E-state index contributed by atoms with van der Waals surface area (Å²) in [6, 6.07) is 0. The van der Waals surface area contributed by atoms with E-state index >= 15 is 0 Å². The van der Waals surface area contributed by atoms with Crippen LogP contribution in [0.5, 0.6) is 0 Å². The van der Waals surface area contributed by atoms with Gasteiger partial charge < -0.3 is 20.6 Å². The highest BCUT2D eigenvalue weighted by Crippen LogP contribution is 2.28. The zero-order valence-corrected chi connectivity index (χ0v) is 16.3. The molecule has 0 amide bonds. The highest BCUT2D eigenvalue weighted by atomic mass is 32.2. The summed E-state index contributed by atoms with van der Waals surface area (Å²) in [6.07, 6.45) is 5.87. The van der Waals surface area contributed by atoms with Gasteiger partial charge in [-0.05, 0) is 39.3 Å². The smallest absolute Gasteiger partial charge is 0.223 e. The van der Waals surface area contributed by atoms with Gasteiger partial charge in [-0.2, -0.15) is 0 Å². The van der Waals surface area contributed by atoms with Gasteiger partial charge in [-0.15, -0.1) is 0 Å². The van der Waals surface area contributed by atoms with Crippen molar-refractivity contribution in [3.8, 4) is 0 Å². The van der Waals surface area contributed by atoms with E-state index in [0.29, 0.717) is 31.0 Å². The van der Waals surface area contributed by atoms with E-state index in [2.05, 4.69) is 25.5 Å². The van der Waals surface area contributed by atoms with Crippen LogP contribution >= 0.6 is 0 Å². The van der Waals surface area contributed by atoms with Gasteiger partial charge in [0.1, 0.15) is 4.90 Å². The third-order valence-electron chi connectivity index (χ3n) is 5.36. The molecule has 0 spiro atoms. The van der Waals surface area contributed by atoms with Crippen molar-refractivity contribution < 1.29 is 13.5 Å². The van der Waals surface area contributed by atoms with Gasteiger partial charge >= 0.3 is 0 Å². The van der Waals surface area contributed by atoms with Crippen LogP contribution in [-0.4, -0.2) is 80.0 Å². The predicted molar refractivity (Wildman–Crippen MR) is 100 cm³/mol. The Morgan fingerprint density at radius 1 is 1.42 bits per heavy atom. The second-order valence-electron chi connectivity index (χ2n) is 7.64. The van der Waals surface area contributed by atoms with Crippen LogP contribution in [0.4, 0.5) is 5.95 Å². The molecule has 0 aliphatic carbocycles. The first-order valence-electron chi connectivity index (χ1n) is 9.19. The number of likely N-dealkylation sites (tertiary alicyclic amines) is 1. The molecule has 2 aliphatic rings. The minimum absolute atomic E-state index is 0.0587. The zero-order chi connectivity index (χ0) is 18.8. The summed E-state index contributed by atoms with van der Waals surface area (Å²) in [6.45, 7) is 3.73. The van der Waals surface area contributed by atoms with Crippen molar-refractivity contribution in [2.75, 3.05) is 51.3 Å². The first-order valence-corrected chi connectivity index (χ1v) is 11.1. The summed E-state index contributed by atoms with van der Waals surface area (Å²) in [5.41, 5.74) is -0.203. The topological polar surface area (TPSA) is 107 Å². The number of nitrogens with zero attached hydrogens (tertiary/aromatic N) is 3. The molecule has 3 N–H and O–H groups in total. The number of sulfone groups is 1. The second kappa shape index (κ2) is 7.75. The second-order valence-corrected chi connectivity index (χ2v) is 9.62.